The minimum atomic E-state index is -1.65. The third-order valence-electron chi connectivity index (χ3n) is 7.06. The topological polar surface area (TPSA) is 158 Å². The molecule has 11 heteroatoms. The number of rotatable bonds is 6. The summed E-state index contributed by atoms with van der Waals surface area (Å²) >= 11 is 0. The number of halogens is 1. The number of hydrogen-bond acceptors (Lipinski definition) is 7. The molecule has 2 atom stereocenters. The summed E-state index contributed by atoms with van der Waals surface area (Å²) in [7, 11) is 1.78. The second-order valence-electron chi connectivity index (χ2n) is 9.91. The molecule has 0 radical (unpaired) electrons. The molecule has 0 unspecified atom stereocenters. The summed E-state index contributed by atoms with van der Waals surface area (Å²) in [5.41, 5.74) is 11.9. The Labute approximate surface area is 217 Å². The molecule has 0 bridgehead atoms. The Kier molecular flexibility index (Phi) is 5.83. The van der Waals surface area contributed by atoms with Crippen molar-refractivity contribution >= 4 is 28.8 Å². The quantitative estimate of drug-likeness (QED) is 0.304. The van der Waals surface area contributed by atoms with Gasteiger partial charge in [-0.15, -0.1) is 0 Å². The molecule has 0 saturated carbocycles. The van der Waals surface area contributed by atoms with Gasteiger partial charge < -0.3 is 31.2 Å². The summed E-state index contributed by atoms with van der Waals surface area (Å²) in [5, 5.41) is 14.2. The summed E-state index contributed by atoms with van der Waals surface area (Å²) in [4.78, 5) is 34.2. The van der Waals surface area contributed by atoms with Crippen LogP contribution < -0.4 is 21.5 Å². The zero-order valence-electron chi connectivity index (χ0n) is 21.1. The number of carbonyl (C=O) groups excluding carboxylic acids is 2. The number of fused-ring (bicyclic) bond motifs is 2. The first-order chi connectivity index (χ1) is 17.9. The molecule has 38 heavy (non-hydrogen) atoms. The monoisotopic (exact) mass is 518 g/mol. The predicted octanol–water partition coefficient (Wildman–Crippen LogP) is 2.13. The molecule has 4 aromatic rings. The van der Waals surface area contributed by atoms with Crippen LogP contribution in [0.3, 0.4) is 0 Å². The number of imidazole rings is 1. The fourth-order valence-corrected chi connectivity index (χ4v) is 4.47. The maximum absolute atomic E-state index is 13.6. The van der Waals surface area contributed by atoms with Crippen molar-refractivity contribution in [3.05, 3.63) is 71.2 Å². The third-order valence-corrected chi connectivity index (χ3v) is 7.06. The van der Waals surface area contributed by atoms with Crippen molar-refractivity contribution in [3.8, 4) is 17.0 Å². The maximum atomic E-state index is 13.6. The van der Waals surface area contributed by atoms with Gasteiger partial charge in [0.15, 0.2) is 0 Å². The number of primary amides is 1. The number of amides is 2. The maximum Gasteiger partial charge on any atom is 0.251 e. The van der Waals surface area contributed by atoms with E-state index in [9.17, 15) is 19.1 Å². The van der Waals surface area contributed by atoms with Crippen molar-refractivity contribution in [1.82, 2.24) is 19.9 Å². The van der Waals surface area contributed by atoms with Crippen LogP contribution in [0.1, 0.15) is 35.5 Å². The lowest BCUT2D eigenvalue weighted by Gasteiger charge is -2.26. The molecule has 1 aliphatic heterocycles. The highest BCUT2D eigenvalue weighted by atomic mass is 19.1. The number of ether oxygens (including phenoxy) is 1. The number of aryl methyl sites for hydroxylation is 1. The first-order valence-electron chi connectivity index (χ1n) is 11.9. The van der Waals surface area contributed by atoms with Crippen LogP contribution in [0.25, 0.3) is 22.3 Å². The lowest BCUT2D eigenvalue weighted by molar-refractivity contribution is -0.123. The molecule has 196 valence electrons. The molecule has 10 nitrogen and oxygen atoms in total. The number of nitrogen functional groups attached to an aromatic ring is 1. The predicted molar refractivity (Wildman–Crippen MR) is 139 cm³/mol. The second kappa shape index (κ2) is 8.80. The summed E-state index contributed by atoms with van der Waals surface area (Å²) in [6.07, 6.45) is 0. The van der Waals surface area contributed by atoms with E-state index in [2.05, 4.69) is 15.3 Å². The Balaban J connectivity index is 1.48. The van der Waals surface area contributed by atoms with Crippen molar-refractivity contribution in [3.63, 3.8) is 0 Å². The Hall–Kier alpha value is -4.51. The SMILES string of the molecule is Cn1c(N)nc2cc(C(=O)NC[C@](C)(O)c3cc4c(c(-c5ccc(F)cc5)n3)OC[C@]4(C)C(N)=O)ccc21. The van der Waals surface area contributed by atoms with Crippen LogP contribution in [0.4, 0.5) is 10.3 Å². The van der Waals surface area contributed by atoms with Gasteiger partial charge in [-0.25, -0.2) is 14.4 Å². The van der Waals surface area contributed by atoms with Crippen molar-refractivity contribution in [2.75, 3.05) is 18.9 Å². The highest BCUT2D eigenvalue weighted by Gasteiger charge is 2.45. The van der Waals surface area contributed by atoms with Gasteiger partial charge in [-0.2, -0.15) is 0 Å². The van der Waals surface area contributed by atoms with Gasteiger partial charge >= 0.3 is 0 Å². The van der Waals surface area contributed by atoms with Crippen molar-refractivity contribution in [2.24, 2.45) is 12.8 Å². The molecule has 3 heterocycles. The summed E-state index contributed by atoms with van der Waals surface area (Å²) in [6.45, 7) is 2.94. The smallest absolute Gasteiger partial charge is 0.251 e. The van der Waals surface area contributed by atoms with Gasteiger partial charge in [0.2, 0.25) is 11.9 Å². The molecule has 0 fully saturated rings. The van der Waals surface area contributed by atoms with Crippen molar-refractivity contribution < 1.29 is 23.8 Å². The van der Waals surface area contributed by atoms with Crippen molar-refractivity contribution in [2.45, 2.75) is 24.9 Å². The highest BCUT2D eigenvalue weighted by molar-refractivity contribution is 5.97. The Morgan fingerprint density at radius 1 is 1.21 bits per heavy atom. The number of pyridine rings is 1. The fraction of sp³-hybridized carbons (Fsp3) is 0.259. The zero-order chi connectivity index (χ0) is 27.4. The third kappa shape index (κ3) is 4.10. The van der Waals surface area contributed by atoms with E-state index >= 15 is 0 Å². The number of nitrogens with zero attached hydrogens (tertiary/aromatic N) is 3. The molecule has 0 saturated heterocycles. The van der Waals surface area contributed by atoms with Gasteiger partial charge in [0.05, 0.1) is 23.3 Å². The number of aliphatic hydroxyl groups is 1. The van der Waals surface area contributed by atoms with E-state index in [1.165, 1.54) is 31.2 Å². The van der Waals surface area contributed by atoms with Crippen LogP contribution in [-0.2, 0) is 22.9 Å². The van der Waals surface area contributed by atoms with Gasteiger partial charge in [0, 0.05) is 23.7 Å². The number of hydrogen-bond donors (Lipinski definition) is 4. The summed E-state index contributed by atoms with van der Waals surface area (Å²) < 4.78 is 21.1. The standard InChI is InChI=1S/C27H27FN6O4/c1-26(24(29)36)13-38-22-17(26)11-20(33-21(22)14-4-7-16(28)8-5-14)27(2,37)12-31-23(35)15-6-9-19-18(10-15)32-25(30)34(19)3/h4-11,37H,12-13H2,1-3H3,(H2,29,36)(H2,30,32)(H,31,35)/t26-,27-/m0/s1. The molecule has 1 aliphatic rings. The largest absolute Gasteiger partial charge is 0.489 e. The van der Waals surface area contributed by atoms with Crippen LogP contribution in [0.2, 0.25) is 0 Å². The molecular formula is C27H27FN6O4. The van der Waals surface area contributed by atoms with E-state index in [1.54, 1.807) is 42.8 Å². The molecule has 2 aromatic heterocycles. The van der Waals surface area contributed by atoms with E-state index in [-0.39, 0.29) is 18.8 Å². The zero-order valence-corrected chi connectivity index (χ0v) is 21.1. The number of nitrogens with one attached hydrogen (secondary N) is 1. The van der Waals surface area contributed by atoms with Crippen LogP contribution in [-0.4, -0.2) is 44.6 Å². The van der Waals surface area contributed by atoms with Crippen LogP contribution in [0.5, 0.6) is 5.75 Å². The van der Waals surface area contributed by atoms with Gasteiger partial charge in [0.1, 0.15) is 34.9 Å². The molecule has 2 aromatic carbocycles. The number of anilines is 1. The van der Waals surface area contributed by atoms with E-state index in [1.807, 2.05) is 0 Å². The van der Waals surface area contributed by atoms with Gasteiger partial charge in [0.25, 0.3) is 5.91 Å². The lowest BCUT2D eigenvalue weighted by atomic mass is 9.82. The minimum absolute atomic E-state index is 0.00358. The first kappa shape index (κ1) is 25.2. The normalized spacial score (nSPS) is 18.0. The number of carbonyl (C=O) groups is 2. The van der Waals surface area contributed by atoms with Gasteiger partial charge in [-0.1, -0.05) is 0 Å². The first-order valence-corrected chi connectivity index (χ1v) is 11.9. The van der Waals surface area contributed by atoms with Crippen LogP contribution in [0.15, 0.2) is 48.5 Å². The van der Waals surface area contributed by atoms with Crippen molar-refractivity contribution in [1.29, 1.82) is 0 Å². The fourth-order valence-electron chi connectivity index (χ4n) is 4.47. The van der Waals surface area contributed by atoms with Crippen LogP contribution >= 0.6 is 0 Å². The Bertz CT molecular complexity index is 1600. The van der Waals surface area contributed by atoms with E-state index in [4.69, 9.17) is 16.2 Å². The second-order valence-corrected chi connectivity index (χ2v) is 9.91. The average Bonchev–Trinajstić information content (AvgIpc) is 3.39. The minimum Gasteiger partial charge on any atom is -0.489 e. The van der Waals surface area contributed by atoms with E-state index < -0.39 is 28.6 Å². The Morgan fingerprint density at radius 2 is 1.92 bits per heavy atom. The van der Waals surface area contributed by atoms with E-state index in [0.29, 0.717) is 39.6 Å². The van der Waals surface area contributed by atoms with E-state index in [0.717, 1.165) is 5.52 Å². The molecule has 5 rings (SSSR count). The van der Waals surface area contributed by atoms with Gasteiger partial charge in [-0.05, 0) is 62.4 Å². The lowest BCUT2D eigenvalue weighted by Crippen LogP contribution is -2.41. The summed E-state index contributed by atoms with van der Waals surface area (Å²) in [6, 6.07) is 12.2. The molecule has 0 spiro atoms. The molecular weight excluding hydrogens is 491 g/mol. The number of benzene rings is 2. The molecule has 2 amide bonds. The highest BCUT2D eigenvalue weighted by Crippen LogP contribution is 2.45. The number of aromatic nitrogens is 3. The molecule has 0 aliphatic carbocycles. The Morgan fingerprint density at radius 3 is 2.61 bits per heavy atom. The molecule has 6 N–H and O–H groups in total. The van der Waals surface area contributed by atoms with Crippen LogP contribution in [0, 0.1) is 5.82 Å². The summed E-state index contributed by atoms with van der Waals surface area (Å²) in [5.74, 6) is -0.791. The van der Waals surface area contributed by atoms with Gasteiger partial charge in [-0.3, -0.25) is 9.59 Å². The number of nitrogens with two attached hydrogens (primary N) is 2. The average molecular weight is 519 g/mol.